The molecule has 0 radical (unpaired) electrons. The molecule has 0 aliphatic rings. The molecule has 0 aromatic carbocycles. The van der Waals surface area contributed by atoms with E-state index in [2.05, 4.69) is 28.3 Å². The molecule has 0 saturated heterocycles. The van der Waals surface area contributed by atoms with Gasteiger partial charge in [0.15, 0.2) is 0 Å². The molecule has 2 aromatic rings. The summed E-state index contributed by atoms with van der Waals surface area (Å²) in [5.74, 6) is 1.04. The number of aliphatic hydroxyl groups excluding tert-OH is 1. The highest BCUT2D eigenvalue weighted by Crippen LogP contribution is 2.30. The number of hydrogen-bond donors (Lipinski definition) is 3. The van der Waals surface area contributed by atoms with Crippen molar-refractivity contribution in [3.8, 4) is 0 Å². The van der Waals surface area contributed by atoms with E-state index in [1.807, 2.05) is 6.92 Å². The van der Waals surface area contributed by atoms with Crippen molar-refractivity contribution in [2.45, 2.75) is 32.7 Å². The van der Waals surface area contributed by atoms with Crippen LogP contribution < -0.4 is 11.1 Å². The lowest BCUT2D eigenvalue weighted by Gasteiger charge is -2.13. The van der Waals surface area contributed by atoms with Crippen LogP contribution in [0.2, 0.25) is 0 Å². The predicted octanol–water partition coefficient (Wildman–Crippen LogP) is 2.02. The quantitative estimate of drug-likeness (QED) is 0.771. The Morgan fingerprint density at radius 2 is 2.28 bits per heavy atom. The number of anilines is 2. The lowest BCUT2D eigenvalue weighted by Crippen LogP contribution is -2.18. The molecular formula is C12H18N4OS. The smallest absolute Gasteiger partial charge is 0.223 e. The van der Waals surface area contributed by atoms with Crippen molar-refractivity contribution in [3.63, 3.8) is 0 Å². The zero-order valence-electron chi connectivity index (χ0n) is 10.6. The van der Waals surface area contributed by atoms with Crippen molar-refractivity contribution >= 4 is 33.3 Å². The number of nitrogens with two attached hydrogens (primary N) is 1. The molecule has 0 saturated carbocycles. The Kier molecular flexibility index (Phi) is 3.98. The monoisotopic (exact) mass is 266 g/mol. The number of aliphatic hydroxyl groups is 1. The van der Waals surface area contributed by atoms with E-state index in [1.54, 1.807) is 11.3 Å². The fourth-order valence-electron chi connectivity index (χ4n) is 1.77. The average Bonchev–Trinajstić information content (AvgIpc) is 2.72. The van der Waals surface area contributed by atoms with Gasteiger partial charge in [-0.05, 0) is 25.8 Å². The normalized spacial score (nSPS) is 12.8. The van der Waals surface area contributed by atoms with Gasteiger partial charge in [-0.15, -0.1) is 11.3 Å². The van der Waals surface area contributed by atoms with Crippen LogP contribution >= 0.6 is 11.3 Å². The van der Waals surface area contributed by atoms with Gasteiger partial charge >= 0.3 is 0 Å². The highest BCUT2D eigenvalue weighted by molar-refractivity contribution is 7.18. The summed E-state index contributed by atoms with van der Waals surface area (Å²) in [6, 6.07) is 2.26. The third kappa shape index (κ3) is 2.70. The van der Waals surface area contributed by atoms with Crippen LogP contribution in [0.1, 0.15) is 25.1 Å². The maximum Gasteiger partial charge on any atom is 0.223 e. The van der Waals surface area contributed by atoms with Gasteiger partial charge in [0.25, 0.3) is 0 Å². The molecule has 2 heterocycles. The Labute approximate surface area is 110 Å². The van der Waals surface area contributed by atoms with E-state index < -0.39 is 0 Å². The zero-order chi connectivity index (χ0) is 13.1. The van der Waals surface area contributed by atoms with Crippen LogP contribution in [-0.2, 0) is 6.42 Å². The van der Waals surface area contributed by atoms with Crippen LogP contribution in [0, 0.1) is 0 Å². The van der Waals surface area contributed by atoms with Crippen molar-refractivity contribution in [2.24, 2.45) is 0 Å². The van der Waals surface area contributed by atoms with Crippen molar-refractivity contribution in [1.29, 1.82) is 0 Å². The maximum atomic E-state index is 8.93. The first-order valence-corrected chi connectivity index (χ1v) is 6.89. The summed E-state index contributed by atoms with van der Waals surface area (Å²) in [7, 11) is 0. The van der Waals surface area contributed by atoms with Gasteiger partial charge in [-0.2, -0.15) is 4.98 Å². The van der Waals surface area contributed by atoms with Gasteiger partial charge in [-0.25, -0.2) is 4.98 Å². The van der Waals surface area contributed by atoms with Gasteiger partial charge in [0.1, 0.15) is 10.6 Å². The molecule has 0 amide bonds. The molecule has 18 heavy (non-hydrogen) atoms. The number of nitrogens with one attached hydrogen (secondary N) is 1. The summed E-state index contributed by atoms with van der Waals surface area (Å²) >= 11 is 1.65. The van der Waals surface area contributed by atoms with E-state index in [4.69, 9.17) is 10.8 Å². The minimum Gasteiger partial charge on any atom is -0.396 e. The third-order valence-corrected chi connectivity index (χ3v) is 3.93. The topological polar surface area (TPSA) is 84.1 Å². The first-order chi connectivity index (χ1) is 8.63. The summed E-state index contributed by atoms with van der Waals surface area (Å²) in [6.07, 6.45) is 1.66. The SMILES string of the molecule is CCc1cc2c(NC(C)CCO)nc(N)nc2s1. The minimum absolute atomic E-state index is 0.150. The second-order valence-corrected chi connectivity index (χ2v) is 5.39. The lowest BCUT2D eigenvalue weighted by atomic mass is 10.2. The molecule has 5 nitrogen and oxygen atoms in total. The molecule has 4 N–H and O–H groups in total. The second kappa shape index (κ2) is 5.49. The molecule has 2 aromatic heterocycles. The third-order valence-electron chi connectivity index (χ3n) is 2.75. The lowest BCUT2D eigenvalue weighted by molar-refractivity contribution is 0.282. The molecule has 1 unspecified atom stereocenters. The van der Waals surface area contributed by atoms with Crippen LogP contribution in [-0.4, -0.2) is 27.7 Å². The largest absolute Gasteiger partial charge is 0.396 e. The second-order valence-electron chi connectivity index (χ2n) is 4.27. The fraction of sp³-hybridized carbons (Fsp3) is 0.500. The summed E-state index contributed by atoms with van der Waals surface area (Å²) in [4.78, 5) is 10.7. The van der Waals surface area contributed by atoms with E-state index >= 15 is 0 Å². The average molecular weight is 266 g/mol. The molecule has 0 bridgehead atoms. The van der Waals surface area contributed by atoms with E-state index in [1.165, 1.54) is 4.88 Å². The number of aromatic nitrogens is 2. The number of hydrogen-bond acceptors (Lipinski definition) is 6. The minimum atomic E-state index is 0.150. The number of rotatable bonds is 5. The molecule has 0 aliphatic heterocycles. The first-order valence-electron chi connectivity index (χ1n) is 6.07. The van der Waals surface area contributed by atoms with Crippen molar-refractivity contribution < 1.29 is 5.11 Å². The summed E-state index contributed by atoms with van der Waals surface area (Å²) in [5, 5.41) is 13.2. The predicted molar refractivity (Wildman–Crippen MR) is 76.0 cm³/mol. The van der Waals surface area contributed by atoms with E-state index in [9.17, 15) is 0 Å². The molecule has 98 valence electrons. The van der Waals surface area contributed by atoms with E-state index in [0.717, 1.165) is 22.5 Å². The standard InChI is InChI=1S/C12H18N4OS/c1-3-8-6-9-10(14-7(2)4-5-17)15-12(13)16-11(9)18-8/h6-7,17H,3-5H2,1-2H3,(H3,13,14,15,16). The molecule has 0 aliphatic carbocycles. The number of aryl methyl sites for hydroxylation is 1. The van der Waals surface area contributed by atoms with E-state index in [-0.39, 0.29) is 18.6 Å². The van der Waals surface area contributed by atoms with E-state index in [0.29, 0.717) is 6.42 Å². The Hall–Kier alpha value is -1.40. The van der Waals surface area contributed by atoms with Crippen LogP contribution in [0.25, 0.3) is 10.2 Å². The summed E-state index contributed by atoms with van der Waals surface area (Å²) in [6.45, 7) is 4.28. The van der Waals surface area contributed by atoms with Gasteiger partial charge in [0.05, 0.1) is 5.39 Å². The number of nitrogens with zero attached hydrogens (tertiary/aromatic N) is 2. The van der Waals surface area contributed by atoms with Crippen LogP contribution in [0.5, 0.6) is 0 Å². The van der Waals surface area contributed by atoms with Gasteiger partial charge in [0.2, 0.25) is 5.95 Å². The zero-order valence-corrected chi connectivity index (χ0v) is 11.4. The van der Waals surface area contributed by atoms with Crippen molar-refractivity contribution in [2.75, 3.05) is 17.7 Å². The van der Waals surface area contributed by atoms with Gasteiger partial charge in [0, 0.05) is 17.5 Å². The van der Waals surface area contributed by atoms with Crippen LogP contribution in [0.15, 0.2) is 6.07 Å². The highest BCUT2D eigenvalue weighted by Gasteiger charge is 2.12. The number of fused-ring (bicyclic) bond motifs is 1. The molecule has 0 spiro atoms. The van der Waals surface area contributed by atoms with Crippen molar-refractivity contribution in [3.05, 3.63) is 10.9 Å². The molecule has 1 atom stereocenters. The number of thiophene rings is 1. The summed E-state index contributed by atoms with van der Waals surface area (Å²) < 4.78 is 0. The Bertz CT molecular complexity index is 540. The van der Waals surface area contributed by atoms with Gasteiger partial charge < -0.3 is 16.2 Å². The number of nitrogen functional groups attached to an aromatic ring is 1. The van der Waals surface area contributed by atoms with Crippen LogP contribution in [0.3, 0.4) is 0 Å². The van der Waals surface area contributed by atoms with Gasteiger partial charge in [-0.3, -0.25) is 0 Å². The maximum absolute atomic E-state index is 8.93. The fourth-order valence-corrected chi connectivity index (χ4v) is 2.75. The van der Waals surface area contributed by atoms with Crippen LogP contribution in [0.4, 0.5) is 11.8 Å². The first kappa shape index (κ1) is 13.0. The molecular weight excluding hydrogens is 248 g/mol. The Morgan fingerprint density at radius 3 is 2.94 bits per heavy atom. The Morgan fingerprint density at radius 1 is 1.50 bits per heavy atom. The van der Waals surface area contributed by atoms with Gasteiger partial charge in [-0.1, -0.05) is 6.92 Å². The Balaban J connectivity index is 2.38. The van der Waals surface area contributed by atoms with Crippen molar-refractivity contribution in [1.82, 2.24) is 9.97 Å². The highest BCUT2D eigenvalue weighted by atomic mass is 32.1. The molecule has 0 fully saturated rings. The molecule has 2 rings (SSSR count). The molecule has 6 heteroatoms. The summed E-state index contributed by atoms with van der Waals surface area (Å²) in [5.41, 5.74) is 5.72.